The van der Waals surface area contributed by atoms with Gasteiger partial charge in [0.15, 0.2) is 0 Å². The van der Waals surface area contributed by atoms with Crippen LogP contribution >= 0.6 is 15.9 Å². The Labute approximate surface area is 86.4 Å². The van der Waals surface area contributed by atoms with Gasteiger partial charge in [-0.25, -0.2) is 9.97 Å². The van der Waals surface area contributed by atoms with E-state index in [1.807, 2.05) is 0 Å². The topological polar surface area (TPSA) is 56.7 Å². The van der Waals surface area contributed by atoms with Crippen LogP contribution in [0, 0.1) is 0 Å². The maximum atomic E-state index is 7.67. The average molecular weight is 241 g/mol. The largest absolute Gasteiger partial charge is 0.397 e. The summed E-state index contributed by atoms with van der Waals surface area (Å²) in [6, 6.07) is 3.30. The van der Waals surface area contributed by atoms with Gasteiger partial charge in [-0.3, -0.25) is 4.57 Å². The molecule has 2 heterocycles. The number of aromatic nitrogens is 3. The van der Waals surface area contributed by atoms with Gasteiger partial charge in [0.25, 0.3) is 0 Å². The Morgan fingerprint density at radius 1 is 1.46 bits per heavy atom. The average Bonchev–Trinajstić information content (AvgIpc) is 2.44. The van der Waals surface area contributed by atoms with Crippen molar-refractivity contribution in [2.24, 2.45) is 0 Å². The number of rotatable bonds is 1. The summed E-state index contributed by atoms with van der Waals surface area (Å²) < 4.78 is 16.9. The number of nitrogen functional groups attached to an aromatic ring is 1. The first kappa shape index (κ1) is 6.15. The molecule has 5 heteroatoms. The first-order valence-corrected chi connectivity index (χ1v) is 4.32. The van der Waals surface area contributed by atoms with E-state index in [1.165, 1.54) is 10.8 Å². The highest BCUT2D eigenvalue weighted by molar-refractivity contribution is 9.10. The third-order valence-electron chi connectivity index (χ3n) is 1.45. The predicted octanol–water partition coefficient (Wildman–Crippen LogP) is 1.61. The van der Waals surface area contributed by atoms with Gasteiger partial charge in [0.05, 0.1) is 13.3 Å². The molecule has 0 aliphatic carbocycles. The van der Waals surface area contributed by atoms with E-state index in [2.05, 4.69) is 25.9 Å². The van der Waals surface area contributed by atoms with Crippen LogP contribution in [0.5, 0.6) is 0 Å². The first-order chi connectivity index (χ1) is 7.09. The fraction of sp³-hybridized carbons (Fsp3) is 0. The summed E-state index contributed by atoms with van der Waals surface area (Å²) in [5.41, 5.74) is 6.03. The van der Waals surface area contributed by atoms with E-state index in [0.29, 0.717) is 16.1 Å². The molecule has 0 aromatic carbocycles. The first-order valence-electron chi connectivity index (χ1n) is 4.53. The van der Waals surface area contributed by atoms with Gasteiger partial charge >= 0.3 is 0 Å². The third kappa shape index (κ3) is 1.70. The Balaban J connectivity index is 2.58. The molecule has 0 amide bonds. The zero-order valence-electron chi connectivity index (χ0n) is 8.53. The van der Waals surface area contributed by atoms with Gasteiger partial charge in [-0.1, -0.05) is 0 Å². The maximum absolute atomic E-state index is 7.67. The molecule has 2 aromatic rings. The molecule has 0 unspecified atom stereocenters. The molecular weight excluding hydrogens is 232 g/mol. The molecule has 0 aliphatic rings. The van der Waals surface area contributed by atoms with E-state index in [1.54, 1.807) is 12.1 Å². The zero-order valence-corrected chi connectivity index (χ0v) is 8.12. The minimum Gasteiger partial charge on any atom is -0.397 e. The van der Waals surface area contributed by atoms with E-state index in [4.69, 9.17) is 8.48 Å². The molecule has 2 rings (SSSR count). The maximum Gasteiger partial charge on any atom is 0.137 e. The van der Waals surface area contributed by atoms with Crippen molar-refractivity contribution in [2.45, 2.75) is 0 Å². The molecule has 2 aromatic heterocycles. The highest BCUT2D eigenvalue weighted by atomic mass is 79.9. The summed E-state index contributed by atoms with van der Waals surface area (Å²) >= 11 is 3.09. The number of halogens is 1. The van der Waals surface area contributed by atoms with Crippen molar-refractivity contribution in [3.8, 4) is 5.82 Å². The van der Waals surface area contributed by atoms with Crippen LogP contribution < -0.4 is 5.73 Å². The second-order valence-corrected chi connectivity index (χ2v) is 3.15. The lowest BCUT2D eigenvalue weighted by atomic mass is 10.4. The van der Waals surface area contributed by atoms with Crippen LogP contribution in [0.4, 0.5) is 5.69 Å². The van der Waals surface area contributed by atoms with Crippen LogP contribution in [0.3, 0.4) is 0 Å². The molecule has 0 fully saturated rings. The summed E-state index contributed by atoms with van der Waals surface area (Å²) in [4.78, 5) is 7.82. The standard InChI is InChI=1S/C8H7BrN4/c9-7-4-13(5-12-7)8-2-1-6(10)3-11-8/h1-5H,10H2/i4D,5D. The van der Waals surface area contributed by atoms with Crippen molar-refractivity contribution in [1.82, 2.24) is 14.5 Å². The molecule has 2 N–H and O–H groups in total. The Bertz CT molecular complexity index is 494. The molecule has 0 aliphatic heterocycles. The molecule has 0 saturated carbocycles. The number of nitrogens with zero attached hydrogens (tertiary/aromatic N) is 3. The predicted molar refractivity (Wildman–Crippen MR) is 53.5 cm³/mol. The zero-order chi connectivity index (χ0) is 11.0. The summed E-state index contributed by atoms with van der Waals surface area (Å²) in [6.07, 6.45) is 1.53. The third-order valence-corrected chi connectivity index (χ3v) is 1.81. The Morgan fingerprint density at radius 3 is 2.85 bits per heavy atom. The smallest absolute Gasteiger partial charge is 0.137 e. The summed E-state index contributed by atoms with van der Waals surface area (Å²) in [6.45, 7) is 0. The van der Waals surface area contributed by atoms with Gasteiger partial charge in [0.1, 0.15) is 18.1 Å². The van der Waals surface area contributed by atoms with Crippen molar-refractivity contribution in [2.75, 3.05) is 5.73 Å². The monoisotopic (exact) mass is 240 g/mol. The second-order valence-electron chi connectivity index (χ2n) is 2.40. The molecule has 0 bridgehead atoms. The van der Waals surface area contributed by atoms with Crippen LogP contribution in [0.15, 0.2) is 35.4 Å². The molecule has 0 spiro atoms. The summed E-state index contributed by atoms with van der Waals surface area (Å²) in [5, 5.41) is 0. The number of nitrogens with two attached hydrogens (primary N) is 1. The van der Waals surface area contributed by atoms with Crippen LogP contribution in [-0.2, 0) is 0 Å². The van der Waals surface area contributed by atoms with Gasteiger partial charge in [-0.15, -0.1) is 0 Å². The SMILES string of the molecule is [2H]c1nc(Br)c([2H])n1-c1ccc(N)cn1. The second kappa shape index (κ2) is 3.18. The number of hydrogen-bond donors (Lipinski definition) is 1. The number of hydrogen-bond acceptors (Lipinski definition) is 3. The Morgan fingerprint density at radius 2 is 2.31 bits per heavy atom. The van der Waals surface area contributed by atoms with E-state index in [9.17, 15) is 0 Å². The molecular formula is C8H7BrN4. The molecule has 0 atom stereocenters. The van der Waals surface area contributed by atoms with Crippen LogP contribution in [0.2, 0.25) is 0 Å². The van der Waals surface area contributed by atoms with Gasteiger partial charge in [0, 0.05) is 6.17 Å². The normalized spacial score (nSPS) is 12.4. The van der Waals surface area contributed by atoms with Gasteiger partial charge in [0.2, 0.25) is 0 Å². The van der Waals surface area contributed by atoms with Gasteiger partial charge in [-0.05, 0) is 28.1 Å². The molecule has 0 saturated heterocycles. The number of anilines is 1. The number of pyridine rings is 1. The minimum atomic E-state index is -0.0378. The van der Waals surface area contributed by atoms with E-state index < -0.39 is 0 Å². The van der Waals surface area contributed by atoms with E-state index in [0.717, 1.165) is 0 Å². The minimum absolute atomic E-state index is 0.0378. The van der Waals surface area contributed by atoms with Gasteiger partial charge < -0.3 is 5.73 Å². The lowest BCUT2D eigenvalue weighted by Gasteiger charge is -1.99. The van der Waals surface area contributed by atoms with Crippen molar-refractivity contribution in [3.63, 3.8) is 0 Å². The van der Waals surface area contributed by atoms with Crippen molar-refractivity contribution in [1.29, 1.82) is 0 Å². The fourth-order valence-electron chi connectivity index (χ4n) is 0.874. The van der Waals surface area contributed by atoms with E-state index >= 15 is 0 Å². The van der Waals surface area contributed by atoms with E-state index in [-0.39, 0.29) is 12.5 Å². The lowest BCUT2D eigenvalue weighted by Crippen LogP contribution is -1.94. The van der Waals surface area contributed by atoms with Gasteiger partial charge in [-0.2, -0.15) is 0 Å². The van der Waals surface area contributed by atoms with Crippen LogP contribution in [0.1, 0.15) is 2.74 Å². The highest BCUT2D eigenvalue weighted by Crippen LogP contribution is 2.10. The Kier molecular flexibility index (Phi) is 1.50. The quantitative estimate of drug-likeness (QED) is 0.825. The molecule has 66 valence electrons. The summed E-state index contributed by atoms with van der Waals surface area (Å²) in [7, 11) is 0. The van der Waals surface area contributed by atoms with Crippen molar-refractivity contribution < 1.29 is 2.74 Å². The van der Waals surface area contributed by atoms with Crippen LogP contribution in [0.25, 0.3) is 5.82 Å². The molecule has 4 nitrogen and oxygen atoms in total. The lowest BCUT2D eigenvalue weighted by molar-refractivity contribution is 0.994. The van der Waals surface area contributed by atoms with Crippen molar-refractivity contribution >= 4 is 21.6 Å². The summed E-state index contributed by atoms with van der Waals surface area (Å²) in [5.74, 6) is 0.456. The van der Waals surface area contributed by atoms with Crippen LogP contribution in [-0.4, -0.2) is 14.5 Å². The molecule has 13 heavy (non-hydrogen) atoms. The van der Waals surface area contributed by atoms with Crippen molar-refractivity contribution in [3.05, 3.63) is 35.4 Å². The number of imidazole rings is 1. The highest BCUT2D eigenvalue weighted by Gasteiger charge is 1.98. The Hall–Kier alpha value is -1.36. The molecule has 0 radical (unpaired) electrons. The fourth-order valence-corrected chi connectivity index (χ4v) is 1.13.